The van der Waals surface area contributed by atoms with Crippen molar-refractivity contribution in [2.45, 2.75) is 33.2 Å². The van der Waals surface area contributed by atoms with Gasteiger partial charge in [0.05, 0.1) is 0 Å². The summed E-state index contributed by atoms with van der Waals surface area (Å²) >= 11 is 1.28. The maximum absolute atomic E-state index is 11.6. The summed E-state index contributed by atoms with van der Waals surface area (Å²) in [7, 11) is 0. The summed E-state index contributed by atoms with van der Waals surface area (Å²) in [5, 5.41) is 4.99. The summed E-state index contributed by atoms with van der Waals surface area (Å²) < 4.78 is 0. The van der Waals surface area contributed by atoms with E-state index in [1.165, 1.54) is 11.3 Å². The summed E-state index contributed by atoms with van der Waals surface area (Å²) in [6.45, 7) is 6.25. The molecule has 1 aromatic rings. The van der Waals surface area contributed by atoms with Gasteiger partial charge in [-0.2, -0.15) is 0 Å². The number of nitrogen functional groups attached to an aromatic ring is 1. The Morgan fingerprint density at radius 2 is 2.27 bits per heavy atom. The maximum Gasteiger partial charge on any atom is 0.271 e. The van der Waals surface area contributed by atoms with E-state index in [4.69, 9.17) is 5.73 Å². The Kier molecular flexibility index (Phi) is 4.08. The van der Waals surface area contributed by atoms with Crippen LogP contribution >= 0.6 is 11.3 Å². The molecular weight excluding hydrogens is 210 g/mol. The number of carbonyl (C=O) groups is 1. The van der Waals surface area contributed by atoms with Crippen molar-refractivity contribution < 1.29 is 4.79 Å². The molecule has 0 aliphatic rings. The third kappa shape index (κ3) is 3.87. The minimum absolute atomic E-state index is 0.142. The molecule has 0 saturated heterocycles. The van der Waals surface area contributed by atoms with Crippen LogP contribution < -0.4 is 11.1 Å². The molecule has 15 heavy (non-hydrogen) atoms. The SMILES string of the molecule is CC(C)CC(C)NC(=O)c1csc(N)n1. The number of hydrogen-bond donors (Lipinski definition) is 2. The van der Waals surface area contributed by atoms with Crippen LogP contribution in [-0.4, -0.2) is 16.9 Å². The highest BCUT2D eigenvalue weighted by molar-refractivity contribution is 7.13. The number of amides is 1. The van der Waals surface area contributed by atoms with Crippen molar-refractivity contribution in [3.63, 3.8) is 0 Å². The Morgan fingerprint density at radius 3 is 2.73 bits per heavy atom. The molecule has 0 aliphatic heterocycles. The van der Waals surface area contributed by atoms with Gasteiger partial charge < -0.3 is 11.1 Å². The molecule has 0 fully saturated rings. The molecule has 0 aliphatic carbocycles. The molecule has 1 unspecified atom stereocenters. The van der Waals surface area contributed by atoms with Crippen LogP contribution in [0.15, 0.2) is 5.38 Å². The molecule has 0 saturated carbocycles. The molecule has 4 nitrogen and oxygen atoms in total. The molecule has 1 amide bonds. The third-order valence-electron chi connectivity index (χ3n) is 1.96. The fraction of sp³-hybridized carbons (Fsp3) is 0.600. The zero-order valence-corrected chi connectivity index (χ0v) is 10.1. The molecule has 1 aromatic heterocycles. The lowest BCUT2D eigenvalue weighted by Gasteiger charge is -2.14. The minimum Gasteiger partial charge on any atom is -0.375 e. The topological polar surface area (TPSA) is 68.0 Å². The number of nitrogens with zero attached hydrogens (tertiary/aromatic N) is 1. The summed E-state index contributed by atoms with van der Waals surface area (Å²) in [5.74, 6) is 0.428. The Balaban J connectivity index is 2.49. The smallest absolute Gasteiger partial charge is 0.271 e. The van der Waals surface area contributed by atoms with Gasteiger partial charge in [-0.05, 0) is 19.3 Å². The van der Waals surface area contributed by atoms with Gasteiger partial charge in [-0.1, -0.05) is 13.8 Å². The summed E-state index contributed by atoms with van der Waals surface area (Å²) in [5.41, 5.74) is 5.87. The van der Waals surface area contributed by atoms with Gasteiger partial charge in [-0.25, -0.2) is 4.98 Å². The Morgan fingerprint density at radius 1 is 1.60 bits per heavy atom. The molecule has 0 radical (unpaired) electrons. The van der Waals surface area contributed by atoms with Crippen molar-refractivity contribution in [3.8, 4) is 0 Å². The lowest BCUT2D eigenvalue weighted by atomic mass is 10.1. The first-order valence-electron chi connectivity index (χ1n) is 5.01. The predicted octanol–water partition coefficient (Wildman–Crippen LogP) is 1.89. The monoisotopic (exact) mass is 227 g/mol. The number of rotatable bonds is 4. The highest BCUT2D eigenvalue weighted by atomic mass is 32.1. The molecule has 0 spiro atoms. The third-order valence-corrected chi connectivity index (χ3v) is 2.63. The average molecular weight is 227 g/mol. The highest BCUT2D eigenvalue weighted by Gasteiger charge is 2.13. The number of nitrogens with two attached hydrogens (primary N) is 1. The highest BCUT2D eigenvalue weighted by Crippen LogP contribution is 2.11. The van der Waals surface area contributed by atoms with Crippen molar-refractivity contribution in [2.75, 3.05) is 5.73 Å². The van der Waals surface area contributed by atoms with Gasteiger partial charge in [0.2, 0.25) is 0 Å². The first kappa shape index (κ1) is 12.0. The van der Waals surface area contributed by atoms with Crippen molar-refractivity contribution in [2.24, 2.45) is 5.92 Å². The molecule has 1 rings (SSSR count). The average Bonchev–Trinajstić information content (AvgIpc) is 2.49. The standard InChI is InChI=1S/C10H17N3OS/c1-6(2)4-7(3)12-9(14)8-5-15-10(11)13-8/h5-7H,4H2,1-3H3,(H2,11,13)(H,12,14). The van der Waals surface area contributed by atoms with Gasteiger partial charge in [-0.3, -0.25) is 4.79 Å². The normalized spacial score (nSPS) is 12.8. The number of nitrogens with one attached hydrogen (secondary N) is 1. The van der Waals surface area contributed by atoms with Crippen LogP contribution in [0, 0.1) is 5.92 Å². The van der Waals surface area contributed by atoms with Crippen LogP contribution in [0.1, 0.15) is 37.7 Å². The van der Waals surface area contributed by atoms with Gasteiger partial charge in [-0.15, -0.1) is 11.3 Å². The van der Waals surface area contributed by atoms with Crippen molar-refractivity contribution in [1.29, 1.82) is 0 Å². The van der Waals surface area contributed by atoms with E-state index in [9.17, 15) is 4.79 Å². The van der Waals surface area contributed by atoms with E-state index in [1.54, 1.807) is 5.38 Å². The summed E-state index contributed by atoms with van der Waals surface area (Å²) in [6.07, 6.45) is 0.964. The van der Waals surface area contributed by atoms with Gasteiger partial charge in [0.1, 0.15) is 5.69 Å². The van der Waals surface area contributed by atoms with Crippen molar-refractivity contribution in [1.82, 2.24) is 10.3 Å². The zero-order valence-electron chi connectivity index (χ0n) is 9.28. The second kappa shape index (κ2) is 5.11. The van der Waals surface area contributed by atoms with Gasteiger partial charge in [0.25, 0.3) is 5.91 Å². The second-order valence-corrected chi connectivity index (χ2v) is 4.96. The summed E-state index contributed by atoms with van der Waals surface area (Å²) in [4.78, 5) is 15.6. The Labute approximate surface area is 93.9 Å². The van der Waals surface area contributed by atoms with E-state index in [0.717, 1.165) is 6.42 Å². The first-order valence-corrected chi connectivity index (χ1v) is 5.89. The van der Waals surface area contributed by atoms with E-state index in [-0.39, 0.29) is 11.9 Å². The van der Waals surface area contributed by atoms with Crippen LogP contribution in [-0.2, 0) is 0 Å². The number of aromatic nitrogens is 1. The lowest BCUT2D eigenvalue weighted by Crippen LogP contribution is -2.33. The van der Waals surface area contributed by atoms with E-state index >= 15 is 0 Å². The van der Waals surface area contributed by atoms with Crippen molar-refractivity contribution >= 4 is 22.4 Å². The molecule has 1 atom stereocenters. The van der Waals surface area contributed by atoms with Gasteiger partial charge >= 0.3 is 0 Å². The molecule has 84 valence electrons. The molecule has 1 heterocycles. The number of thiazole rings is 1. The Hall–Kier alpha value is -1.10. The first-order chi connectivity index (χ1) is 6.99. The lowest BCUT2D eigenvalue weighted by molar-refractivity contribution is 0.0932. The number of hydrogen-bond acceptors (Lipinski definition) is 4. The van der Waals surface area contributed by atoms with Crippen LogP contribution in [0.5, 0.6) is 0 Å². The Bertz CT molecular complexity index is 335. The summed E-state index contributed by atoms with van der Waals surface area (Å²) in [6, 6.07) is 0.167. The molecule has 0 aromatic carbocycles. The van der Waals surface area contributed by atoms with Crippen LogP contribution in [0.25, 0.3) is 0 Å². The van der Waals surface area contributed by atoms with Gasteiger partial charge in [0, 0.05) is 11.4 Å². The van der Waals surface area contributed by atoms with Crippen molar-refractivity contribution in [3.05, 3.63) is 11.1 Å². The number of anilines is 1. The quantitative estimate of drug-likeness (QED) is 0.825. The van der Waals surface area contributed by atoms with E-state index in [1.807, 2.05) is 6.92 Å². The van der Waals surface area contributed by atoms with Crippen LogP contribution in [0.2, 0.25) is 0 Å². The predicted molar refractivity (Wildman–Crippen MR) is 62.9 cm³/mol. The largest absolute Gasteiger partial charge is 0.375 e. The number of carbonyl (C=O) groups excluding carboxylic acids is 1. The van der Waals surface area contributed by atoms with Gasteiger partial charge in [0.15, 0.2) is 5.13 Å². The fourth-order valence-electron chi connectivity index (χ4n) is 1.46. The molecule has 0 bridgehead atoms. The molecule has 3 N–H and O–H groups in total. The zero-order chi connectivity index (χ0) is 11.4. The van der Waals surface area contributed by atoms with Crippen LogP contribution in [0.4, 0.5) is 5.13 Å². The van der Waals surface area contributed by atoms with E-state index in [2.05, 4.69) is 24.1 Å². The molecule has 5 heteroatoms. The fourth-order valence-corrected chi connectivity index (χ4v) is 2.00. The van der Waals surface area contributed by atoms with E-state index in [0.29, 0.717) is 16.7 Å². The second-order valence-electron chi connectivity index (χ2n) is 4.08. The minimum atomic E-state index is -0.142. The van der Waals surface area contributed by atoms with E-state index < -0.39 is 0 Å². The van der Waals surface area contributed by atoms with Crippen LogP contribution in [0.3, 0.4) is 0 Å². The molecular formula is C10H17N3OS. The maximum atomic E-state index is 11.6.